The molecule has 0 heterocycles. The molecule has 96 valence electrons. The molecular weight excluding hydrogens is 236 g/mol. The van der Waals surface area contributed by atoms with E-state index in [-0.39, 0.29) is 0 Å². The smallest absolute Gasteiger partial charge is 0.137 e. The maximum absolute atomic E-state index is 6.13. The number of rotatable bonds is 6. The standard InChI is InChI=1S/C13H21ClN2O/c1-10-7-13(17-4)12(14)8-11(10)9-16(3)6-5-15-2/h7-8,15H,5-6,9H2,1-4H3. The van der Waals surface area contributed by atoms with Crippen LogP contribution in [0.1, 0.15) is 11.1 Å². The first-order valence-corrected chi connectivity index (χ1v) is 6.12. The van der Waals surface area contributed by atoms with Crippen LogP contribution in [0.3, 0.4) is 0 Å². The minimum absolute atomic E-state index is 0.676. The van der Waals surface area contributed by atoms with Crippen LogP contribution < -0.4 is 10.1 Å². The molecule has 0 radical (unpaired) electrons. The summed E-state index contributed by atoms with van der Waals surface area (Å²) < 4.78 is 5.20. The Morgan fingerprint density at radius 2 is 2.12 bits per heavy atom. The summed E-state index contributed by atoms with van der Waals surface area (Å²) in [5, 5.41) is 3.82. The molecule has 1 aromatic rings. The van der Waals surface area contributed by atoms with E-state index in [2.05, 4.69) is 24.2 Å². The van der Waals surface area contributed by atoms with Crippen molar-refractivity contribution in [1.29, 1.82) is 0 Å². The van der Waals surface area contributed by atoms with Gasteiger partial charge < -0.3 is 15.0 Å². The Balaban J connectivity index is 2.74. The van der Waals surface area contributed by atoms with Crippen molar-refractivity contribution in [2.45, 2.75) is 13.5 Å². The van der Waals surface area contributed by atoms with E-state index in [4.69, 9.17) is 16.3 Å². The lowest BCUT2D eigenvalue weighted by atomic mass is 10.1. The lowest BCUT2D eigenvalue weighted by Gasteiger charge is -2.18. The Kier molecular flexibility index (Phi) is 5.75. The van der Waals surface area contributed by atoms with Crippen molar-refractivity contribution < 1.29 is 4.74 Å². The first-order valence-electron chi connectivity index (χ1n) is 5.74. The van der Waals surface area contributed by atoms with Crippen LogP contribution >= 0.6 is 11.6 Å². The molecule has 17 heavy (non-hydrogen) atoms. The zero-order chi connectivity index (χ0) is 12.8. The SMILES string of the molecule is CNCCN(C)Cc1cc(Cl)c(OC)cc1C. The number of nitrogens with zero attached hydrogens (tertiary/aromatic N) is 1. The summed E-state index contributed by atoms with van der Waals surface area (Å²) in [6.07, 6.45) is 0. The van der Waals surface area contributed by atoms with E-state index in [9.17, 15) is 0 Å². The summed E-state index contributed by atoms with van der Waals surface area (Å²) in [5.41, 5.74) is 2.46. The first kappa shape index (κ1) is 14.3. The Bertz CT molecular complexity index is 369. The summed E-state index contributed by atoms with van der Waals surface area (Å²) >= 11 is 6.13. The van der Waals surface area contributed by atoms with E-state index in [1.807, 2.05) is 19.2 Å². The maximum Gasteiger partial charge on any atom is 0.137 e. The zero-order valence-corrected chi connectivity index (χ0v) is 11.8. The zero-order valence-electron chi connectivity index (χ0n) is 11.0. The molecule has 0 fully saturated rings. The molecule has 0 aliphatic rings. The molecule has 0 saturated heterocycles. The number of aryl methyl sites for hydroxylation is 1. The molecule has 0 spiro atoms. The third-order valence-corrected chi connectivity index (χ3v) is 3.09. The molecule has 0 aliphatic heterocycles. The molecular formula is C13H21ClN2O. The number of hydrogen-bond acceptors (Lipinski definition) is 3. The van der Waals surface area contributed by atoms with Crippen LogP contribution in [0, 0.1) is 6.92 Å². The van der Waals surface area contributed by atoms with Gasteiger partial charge in [-0.2, -0.15) is 0 Å². The van der Waals surface area contributed by atoms with Gasteiger partial charge in [-0.15, -0.1) is 0 Å². The molecule has 0 aliphatic carbocycles. The number of nitrogens with one attached hydrogen (secondary N) is 1. The predicted octanol–water partition coefficient (Wildman–Crippen LogP) is 2.31. The molecule has 0 atom stereocenters. The highest BCUT2D eigenvalue weighted by Gasteiger charge is 2.08. The quantitative estimate of drug-likeness (QED) is 0.845. The number of ether oxygens (including phenoxy) is 1. The molecule has 1 rings (SSSR count). The summed E-state index contributed by atoms with van der Waals surface area (Å²) in [6.45, 7) is 4.98. The van der Waals surface area contributed by atoms with E-state index in [1.165, 1.54) is 11.1 Å². The van der Waals surface area contributed by atoms with Crippen molar-refractivity contribution in [3.05, 3.63) is 28.3 Å². The number of benzene rings is 1. The van der Waals surface area contributed by atoms with E-state index < -0.39 is 0 Å². The fourth-order valence-electron chi connectivity index (χ4n) is 1.70. The number of hydrogen-bond donors (Lipinski definition) is 1. The first-order chi connectivity index (χ1) is 8.08. The molecule has 3 nitrogen and oxygen atoms in total. The van der Waals surface area contributed by atoms with E-state index in [0.717, 1.165) is 25.4 Å². The Morgan fingerprint density at radius 1 is 1.41 bits per heavy atom. The average Bonchev–Trinajstić information content (AvgIpc) is 2.30. The molecule has 1 aromatic carbocycles. The van der Waals surface area contributed by atoms with Crippen LogP contribution in [0.15, 0.2) is 12.1 Å². The second-order valence-corrected chi connectivity index (χ2v) is 4.66. The Labute approximate surface area is 109 Å². The van der Waals surface area contributed by atoms with Crippen LogP contribution in [0.25, 0.3) is 0 Å². The molecule has 0 saturated carbocycles. The fraction of sp³-hybridized carbons (Fsp3) is 0.538. The fourth-order valence-corrected chi connectivity index (χ4v) is 1.96. The largest absolute Gasteiger partial charge is 0.495 e. The number of methoxy groups -OCH3 is 1. The van der Waals surface area contributed by atoms with Gasteiger partial charge in [0.15, 0.2) is 0 Å². The second kappa shape index (κ2) is 6.84. The van der Waals surface area contributed by atoms with Crippen molar-refractivity contribution in [3.63, 3.8) is 0 Å². The molecule has 1 N–H and O–H groups in total. The summed E-state index contributed by atoms with van der Waals surface area (Å²) in [7, 11) is 5.71. The van der Waals surface area contributed by atoms with E-state index in [1.54, 1.807) is 7.11 Å². The van der Waals surface area contributed by atoms with Crippen LogP contribution in [0.5, 0.6) is 5.75 Å². The maximum atomic E-state index is 6.13. The molecule has 0 amide bonds. The van der Waals surface area contributed by atoms with Gasteiger partial charge in [0.1, 0.15) is 5.75 Å². The van der Waals surface area contributed by atoms with Gasteiger partial charge in [0.05, 0.1) is 12.1 Å². The van der Waals surface area contributed by atoms with Crippen LogP contribution in [-0.4, -0.2) is 39.2 Å². The van der Waals surface area contributed by atoms with E-state index in [0.29, 0.717) is 5.02 Å². The highest BCUT2D eigenvalue weighted by atomic mass is 35.5. The number of halogens is 1. The van der Waals surface area contributed by atoms with Crippen LogP contribution in [0.4, 0.5) is 0 Å². The van der Waals surface area contributed by atoms with Crippen LogP contribution in [0.2, 0.25) is 5.02 Å². The van der Waals surface area contributed by atoms with Gasteiger partial charge in [0, 0.05) is 19.6 Å². The third-order valence-electron chi connectivity index (χ3n) is 2.79. The number of likely N-dealkylation sites (N-methyl/N-ethyl adjacent to an activating group) is 2. The van der Waals surface area contributed by atoms with Gasteiger partial charge in [-0.25, -0.2) is 0 Å². The Morgan fingerprint density at radius 3 is 2.71 bits per heavy atom. The highest BCUT2D eigenvalue weighted by Crippen LogP contribution is 2.28. The normalized spacial score (nSPS) is 10.9. The minimum atomic E-state index is 0.676. The lowest BCUT2D eigenvalue weighted by molar-refractivity contribution is 0.327. The highest BCUT2D eigenvalue weighted by molar-refractivity contribution is 6.32. The van der Waals surface area contributed by atoms with Crippen molar-refractivity contribution in [2.24, 2.45) is 0 Å². The van der Waals surface area contributed by atoms with Gasteiger partial charge in [-0.1, -0.05) is 11.6 Å². The monoisotopic (exact) mass is 256 g/mol. The molecule has 0 aromatic heterocycles. The minimum Gasteiger partial charge on any atom is -0.495 e. The summed E-state index contributed by atoms with van der Waals surface area (Å²) in [4.78, 5) is 2.27. The lowest BCUT2D eigenvalue weighted by Crippen LogP contribution is -2.27. The van der Waals surface area contributed by atoms with Crippen molar-refractivity contribution in [1.82, 2.24) is 10.2 Å². The van der Waals surface area contributed by atoms with Crippen molar-refractivity contribution in [2.75, 3.05) is 34.3 Å². The predicted molar refractivity (Wildman–Crippen MR) is 73.0 cm³/mol. The Hall–Kier alpha value is -0.770. The van der Waals surface area contributed by atoms with E-state index >= 15 is 0 Å². The summed E-state index contributed by atoms with van der Waals surface area (Å²) in [5.74, 6) is 0.741. The molecule has 0 unspecified atom stereocenters. The molecule has 4 heteroatoms. The van der Waals surface area contributed by atoms with Gasteiger partial charge >= 0.3 is 0 Å². The molecule has 0 bridgehead atoms. The summed E-state index contributed by atoms with van der Waals surface area (Å²) in [6, 6.07) is 3.98. The topological polar surface area (TPSA) is 24.5 Å². The van der Waals surface area contributed by atoms with Crippen molar-refractivity contribution >= 4 is 11.6 Å². The van der Waals surface area contributed by atoms with Gasteiger partial charge in [0.25, 0.3) is 0 Å². The van der Waals surface area contributed by atoms with Gasteiger partial charge in [-0.3, -0.25) is 0 Å². The third kappa shape index (κ3) is 4.19. The van der Waals surface area contributed by atoms with Gasteiger partial charge in [0.2, 0.25) is 0 Å². The van der Waals surface area contributed by atoms with Crippen LogP contribution in [-0.2, 0) is 6.54 Å². The second-order valence-electron chi connectivity index (χ2n) is 4.25. The average molecular weight is 257 g/mol. The van der Waals surface area contributed by atoms with Crippen molar-refractivity contribution in [3.8, 4) is 5.75 Å². The van der Waals surface area contributed by atoms with Gasteiger partial charge in [-0.05, 0) is 44.3 Å².